The predicted molar refractivity (Wildman–Crippen MR) is 85.3 cm³/mol. The average Bonchev–Trinajstić information content (AvgIpc) is 2.51. The molecule has 3 fully saturated rings. The van der Waals surface area contributed by atoms with E-state index in [1.54, 1.807) is 0 Å². The fourth-order valence-electron chi connectivity index (χ4n) is 4.33. The first kappa shape index (κ1) is 15.8. The molecule has 1 spiro atoms. The maximum absolute atomic E-state index is 6.11. The molecule has 2 aliphatic heterocycles. The van der Waals surface area contributed by atoms with E-state index in [2.05, 4.69) is 18.7 Å². The van der Waals surface area contributed by atoms with Crippen LogP contribution in [0.1, 0.15) is 65.2 Å². The molecule has 2 heterocycles. The summed E-state index contributed by atoms with van der Waals surface area (Å²) in [5.41, 5.74) is 0.371. The van der Waals surface area contributed by atoms with E-state index in [0.29, 0.717) is 11.5 Å². The topological polar surface area (TPSA) is 21.7 Å². The van der Waals surface area contributed by atoms with Gasteiger partial charge in [0.1, 0.15) is 0 Å². The van der Waals surface area contributed by atoms with Gasteiger partial charge in [0.25, 0.3) is 0 Å². The molecule has 21 heavy (non-hydrogen) atoms. The molecule has 3 aliphatic rings. The summed E-state index contributed by atoms with van der Waals surface area (Å²) in [5.74, 6) is 0.797. The van der Waals surface area contributed by atoms with Gasteiger partial charge < -0.3 is 14.4 Å². The fourth-order valence-corrected chi connectivity index (χ4v) is 4.33. The molecular weight excluding hydrogens is 262 g/mol. The molecule has 0 aromatic carbocycles. The van der Waals surface area contributed by atoms with Crippen molar-refractivity contribution >= 4 is 0 Å². The molecule has 0 aromatic heterocycles. The van der Waals surface area contributed by atoms with E-state index < -0.39 is 0 Å². The van der Waals surface area contributed by atoms with Gasteiger partial charge >= 0.3 is 0 Å². The Morgan fingerprint density at radius 3 is 2.19 bits per heavy atom. The smallest absolute Gasteiger partial charge is 0.157 e. The van der Waals surface area contributed by atoms with Gasteiger partial charge in [0.05, 0.1) is 13.2 Å². The van der Waals surface area contributed by atoms with Crippen LogP contribution in [0.2, 0.25) is 0 Å². The molecule has 122 valence electrons. The molecule has 1 saturated carbocycles. The Balaban J connectivity index is 1.40. The summed E-state index contributed by atoms with van der Waals surface area (Å²) in [7, 11) is 0. The lowest BCUT2D eigenvalue weighted by atomic mass is 9.75. The lowest BCUT2D eigenvalue weighted by molar-refractivity contribution is -0.242. The van der Waals surface area contributed by atoms with Gasteiger partial charge in [0.15, 0.2) is 6.29 Å². The van der Waals surface area contributed by atoms with E-state index in [-0.39, 0.29) is 6.29 Å². The van der Waals surface area contributed by atoms with Gasteiger partial charge in [0, 0.05) is 17.9 Å². The monoisotopic (exact) mass is 295 g/mol. The molecule has 0 radical (unpaired) electrons. The molecule has 0 amide bonds. The Bertz CT molecular complexity index is 307. The fraction of sp³-hybridized carbons (Fsp3) is 1.00. The Morgan fingerprint density at radius 1 is 1.00 bits per heavy atom. The Morgan fingerprint density at radius 2 is 1.62 bits per heavy atom. The highest BCUT2D eigenvalue weighted by molar-refractivity contribution is 4.85. The van der Waals surface area contributed by atoms with Crippen molar-refractivity contribution in [2.24, 2.45) is 11.3 Å². The second kappa shape index (κ2) is 6.97. The maximum atomic E-state index is 6.11. The van der Waals surface area contributed by atoms with Crippen molar-refractivity contribution in [1.29, 1.82) is 0 Å². The van der Waals surface area contributed by atoms with Crippen LogP contribution in [0, 0.1) is 11.3 Å². The predicted octanol–water partition coefficient (Wildman–Crippen LogP) is 3.82. The lowest BCUT2D eigenvalue weighted by Gasteiger charge is -2.43. The summed E-state index contributed by atoms with van der Waals surface area (Å²) in [5, 5.41) is 0. The minimum Gasteiger partial charge on any atom is -0.352 e. The SMILES string of the molecule is CC(C)N1CCC(CC2OCC3(CCCCC3)CO2)CC1. The highest BCUT2D eigenvalue weighted by atomic mass is 16.7. The number of nitrogens with zero attached hydrogens (tertiary/aromatic N) is 1. The highest BCUT2D eigenvalue weighted by Gasteiger charge is 2.38. The largest absolute Gasteiger partial charge is 0.352 e. The number of likely N-dealkylation sites (tertiary alicyclic amines) is 1. The summed E-state index contributed by atoms with van der Waals surface area (Å²) >= 11 is 0. The van der Waals surface area contributed by atoms with E-state index in [4.69, 9.17) is 9.47 Å². The number of ether oxygens (including phenoxy) is 2. The molecular formula is C18H33NO2. The number of hydrogen-bond acceptors (Lipinski definition) is 3. The van der Waals surface area contributed by atoms with Crippen LogP contribution in [-0.4, -0.2) is 43.5 Å². The summed E-state index contributed by atoms with van der Waals surface area (Å²) in [6.45, 7) is 9.00. The molecule has 3 rings (SSSR count). The van der Waals surface area contributed by atoms with E-state index in [9.17, 15) is 0 Å². The minimum absolute atomic E-state index is 0.0770. The average molecular weight is 295 g/mol. The number of hydrogen-bond donors (Lipinski definition) is 0. The van der Waals surface area contributed by atoms with Gasteiger partial charge in [-0.3, -0.25) is 0 Å². The quantitative estimate of drug-likeness (QED) is 0.790. The molecule has 0 unspecified atom stereocenters. The molecule has 3 nitrogen and oxygen atoms in total. The van der Waals surface area contributed by atoms with Crippen LogP contribution in [0.4, 0.5) is 0 Å². The molecule has 1 aliphatic carbocycles. The second-order valence-electron chi connectivity index (χ2n) is 7.92. The molecule has 2 saturated heterocycles. The van der Waals surface area contributed by atoms with Gasteiger partial charge in [0.2, 0.25) is 0 Å². The van der Waals surface area contributed by atoms with Crippen LogP contribution in [-0.2, 0) is 9.47 Å². The van der Waals surface area contributed by atoms with Gasteiger partial charge in [-0.1, -0.05) is 19.3 Å². The standard InChI is InChI=1S/C18H33NO2/c1-15(2)19-10-6-16(7-11-19)12-17-20-13-18(14-21-17)8-4-3-5-9-18/h15-17H,3-14H2,1-2H3. The van der Waals surface area contributed by atoms with Crippen molar-refractivity contribution < 1.29 is 9.47 Å². The van der Waals surface area contributed by atoms with Crippen LogP contribution < -0.4 is 0 Å². The normalized spacial score (nSPS) is 29.3. The summed E-state index contributed by atoms with van der Waals surface area (Å²) in [6, 6.07) is 0.694. The van der Waals surface area contributed by atoms with E-state index >= 15 is 0 Å². The van der Waals surface area contributed by atoms with E-state index in [1.165, 1.54) is 58.0 Å². The molecule has 0 aromatic rings. The zero-order valence-electron chi connectivity index (χ0n) is 14.0. The van der Waals surface area contributed by atoms with Gasteiger partial charge in [-0.15, -0.1) is 0 Å². The highest BCUT2D eigenvalue weighted by Crippen LogP contribution is 2.40. The molecule has 0 bridgehead atoms. The van der Waals surface area contributed by atoms with Crippen molar-refractivity contribution in [3.8, 4) is 0 Å². The third-order valence-electron chi connectivity index (χ3n) is 5.97. The maximum Gasteiger partial charge on any atom is 0.157 e. The Hall–Kier alpha value is -0.120. The second-order valence-corrected chi connectivity index (χ2v) is 7.92. The molecule has 0 N–H and O–H groups in total. The van der Waals surface area contributed by atoms with Crippen LogP contribution >= 0.6 is 0 Å². The van der Waals surface area contributed by atoms with Crippen LogP contribution in [0.5, 0.6) is 0 Å². The summed E-state index contributed by atoms with van der Waals surface area (Å²) < 4.78 is 12.2. The summed E-state index contributed by atoms with van der Waals surface area (Å²) in [4.78, 5) is 2.59. The first-order valence-corrected chi connectivity index (χ1v) is 9.14. The molecule has 0 atom stereocenters. The van der Waals surface area contributed by atoms with Crippen molar-refractivity contribution in [2.45, 2.75) is 77.5 Å². The number of piperidine rings is 1. The Labute approximate surface area is 130 Å². The molecule has 3 heteroatoms. The zero-order chi connectivity index (χ0) is 14.7. The third-order valence-corrected chi connectivity index (χ3v) is 5.97. The first-order valence-electron chi connectivity index (χ1n) is 9.14. The van der Waals surface area contributed by atoms with Crippen LogP contribution in [0.15, 0.2) is 0 Å². The van der Waals surface area contributed by atoms with E-state index in [1.807, 2.05) is 0 Å². The van der Waals surface area contributed by atoms with Gasteiger partial charge in [-0.2, -0.15) is 0 Å². The van der Waals surface area contributed by atoms with E-state index in [0.717, 1.165) is 25.6 Å². The van der Waals surface area contributed by atoms with Crippen LogP contribution in [0.3, 0.4) is 0 Å². The van der Waals surface area contributed by atoms with Gasteiger partial charge in [-0.05, 0) is 58.5 Å². The van der Waals surface area contributed by atoms with Crippen molar-refractivity contribution in [2.75, 3.05) is 26.3 Å². The first-order chi connectivity index (χ1) is 10.2. The van der Waals surface area contributed by atoms with Crippen molar-refractivity contribution in [3.63, 3.8) is 0 Å². The lowest BCUT2D eigenvalue weighted by Crippen LogP contribution is -2.44. The van der Waals surface area contributed by atoms with Crippen molar-refractivity contribution in [1.82, 2.24) is 4.90 Å². The van der Waals surface area contributed by atoms with Gasteiger partial charge in [-0.25, -0.2) is 0 Å². The number of rotatable bonds is 3. The van der Waals surface area contributed by atoms with Crippen molar-refractivity contribution in [3.05, 3.63) is 0 Å². The minimum atomic E-state index is 0.0770. The Kier molecular flexibility index (Phi) is 5.23. The zero-order valence-corrected chi connectivity index (χ0v) is 14.0. The third kappa shape index (κ3) is 4.00. The van der Waals surface area contributed by atoms with Crippen LogP contribution in [0.25, 0.3) is 0 Å². The summed E-state index contributed by atoms with van der Waals surface area (Å²) in [6.07, 6.45) is 10.6.